The lowest BCUT2D eigenvalue weighted by Crippen LogP contribution is -2.45. The highest BCUT2D eigenvalue weighted by Gasteiger charge is 2.34. The van der Waals surface area contributed by atoms with Crippen LogP contribution >= 0.6 is 0 Å². The van der Waals surface area contributed by atoms with Gasteiger partial charge in [0.05, 0.1) is 6.10 Å². The summed E-state index contributed by atoms with van der Waals surface area (Å²) in [5.41, 5.74) is 4.88. The third-order valence-electron chi connectivity index (χ3n) is 9.11. The summed E-state index contributed by atoms with van der Waals surface area (Å²) < 4.78 is 0. The van der Waals surface area contributed by atoms with E-state index in [2.05, 4.69) is 47.9 Å². The SMILES string of the molecule is CCN(CC1CCN(CC2(C)CCC2)CC1)c1ccc(-c2ccc(C(=O)N3CCC[C@@H](O)C3)cc2)cc1. The minimum absolute atomic E-state index is 0.0160. The molecule has 1 aliphatic carbocycles. The van der Waals surface area contributed by atoms with Crippen LogP contribution in [0.25, 0.3) is 11.1 Å². The maximum atomic E-state index is 12.8. The van der Waals surface area contributed by atoms with Gasteiger partial charge in [-0.1, -0.05) is 37.6 Å². The van der Waals surface area contributed by atoms with E-state index in [1.54, 1.807) is 4.90 Å². The van der Waals surface area contributed by atoms with Crippen LogP contribution in [0.3, 0.4) is 0 Å². The fourth-order valence-electron chi connectivity index (χ4n) is 6.53. The topological polar surface area (TPSA) is 47.0 Å². The molecule has 0 aromatic heterocycles. The van der Waals surface area contributed by atoms with Crippen LogP contribution in [0.5, 0.6) is 0 Å². The number of carbonyl (C=O) groups is 1. The van der Waals surface area contributed by atoms with E-state index in [1.165, 1.54) is 63.0 Å². The first kappa shape index (κ1) is 26.2. The largest absolute Gasteiger partial charge is 0.391 e. The zero-order valence-electron chi connectivity index (χ0n) is 22.9. The first-order valence-electron chi connectivity index (χ1n) is 14.6. The molecule has 3 aliphatic rings. The van der Waals surface area contributed by atoms with Crippen molar-refractivity contribution >= 4 is 11.6 Å². The minimum atomic E-state index is -0.397. The summed E-state index contributed by atoms with van der Waals surface area (Å²) in [6.07, 6.45) is 8.13. The van der Waals surface area contributed by atoms with Gasteiger partial charge in [-0.2, -0.15) is 0 Å². The highest BCUT2D eigenvalue weighted by atomic mass is 16.3. The lowest BCUT2D eigenvalue weighted by atomic mass is 9.70. The van der Waals surface area contributed by atoms with Gasteiger partial charge in [0, 0.05) is 44.0 Å². The van der Waals surface area contributed by atoms with E-state index in [0.29, 0.717) is 17.5 Å². The Bertz CT molecular complexity index is 1020. The third kappa shape index (κ3) is 6.38. The molecule has 37 heavy (non-hydrogen) atoms. The summed E-state index contributed by atoms with van der Waals surface area (Å²) in [6.45, 7) is 11.9. The molecule has 0 spiro atoms. The monoisotopic (exact) mass is 503 g/mol. The quantitative estimate of drug-likeness (QED) is 0.504. The molecule has 1 amide bonds. The summed E-state index contributed by atoms with van der Waals surface area (Å²) in [7, 11) is 0. The van der Waals surface area contributed by atoms with Crippen LogP contribution in [0.1, 0.15) is 69.2 Å². The molecule has 1 atom stereocenters. The van der Waals surface area contributed by atoms with Crippen molar-refractivity contribution in [2.45, 2.75) is 64.9 Å². The lowest BCUT2D eigenvalue weighted by Gasteiger charge is -2.44. The molecule has 2 aliphatic heterocycles. The number of piperidine rings is 2. The van der Waals surface area contributed by atoms with Crippen LogP contribution in [0.2, 0.25) is 0 Å². The predicted octanol–water partition coefficient (Wildman–Crippen LogP) is 5.68. The van der Waals surface area contributed by atoms with Crippen molar-refractivity contribution in [3.05, 3.63) is 54.1 Å². The molecule has 3 fully saturated rings. The average molecular weight is 504 g/mol. The number of carbonyl (C=O) groups excluding carboxylic acids is 1. The highest BCUT2D eigenvalue weighted by Crippen LogP contribution is 2.41. The first-order valence-corrected chi connectivity index (χ1v) is 14.6. The molecular formula is C32H45N3O2. The number of amides is 1. The minimum Gasteiger partial charge on any atom is -0.391 e. The van der Waals surface area contributed by atoms with Gasteiger partial charge in [0.25, 0.3) is 5.91 Å². The van der Waals surface area contributed by atoms with Crippen molar-refractivity contribution in [1.29, 1.82) is 0 Å². The van der Waals surface area contributed by atoms with Gasteiger partial charge in [-0.25, -0.2) is 0 Å². The van der Waals surface area contributed by atoms with Gasteiger partial charge < -0.3 is 19.8 Å². The number of rotatable bonds is 8. The Morgan fingerprint density at radius 1 is 0.946 bits per heavy atom. The van der Waals surface area contributed by atoms with E-state index < -0.39 is 6.10 Å². The lowest BCUT2D eigenvalue weighted by molar-refractivity contribution is 0.0474. The summed E-state index contributed by atoms with van der Waals surface area (Å²) >= 11 is 0. The van der Waals surface area contributed by atoms with Crippen LogP contribution < -0.4 is 4.90 Å². The van der Waals surface area contributed by atoms with Crippen LogP contribution in [0, 0.1) is 11.3 Å². The molecule has 2 aromatic carbocycles. The smallest absolute Gasteiger partial charge is 0.253 e. The molecule has 0 bridgehead atoms. The maximum absolute atomic E-state index is 12.8. The van der Waals surface area contributed by atoms with Crippen LogP contribution in [0.15, 0.2) is 48.5 Å². The molecule has 5 rings (SSSR count). The molecule has 1 N–H and O–H groups in total. The van der Waals surface area contributed by atoms with Gasteiger partial charge in [-0.15, -0.1) is 0 Å². The number of β-amino-alcohol motifs (C(OH)–C–C–N with tert-alkyl or cyclic N) is 1. The highest BCUT2D eigenvalue weighted by molar-refractivity contribution is 5.94. The Kier molecular flexibility index (Phi) is 8.21. The Morgan fingerprint density at radius 2 is 1.59 bits per heavy atom. The Morgan fingerprint density at radius 3 is 2.16 bits per heavy atom. The number of nitrogens with zero attached hydrogens (tertiary/aromatic N) is 3. The Balaban J connectivity index is 1.15. The van der Waals surface area contributed by atoms with Gasteiger partial charge in [0.1, 0.15) is 0 Å². The van der Waals surface area contributed by atoms with E-state index in [1.807, 2.05) is 24.3 Å². The van der Waals surface area contributed by atoms with Crippen LogP contribution in [-0.2, 0) is 0 Å². The molecule has 200 valence electrons. The summed E-state index contributed by atoms with van der Waals surface area (Å²) in [5, 5.41) is 9.90. The molecule has 0 unspecified atom stereocenters. The van der Waals surface area contributed by atoms with Crippen molar-refractivity contribution in [1.82, 2.24) is 9.80 Å². The number of anilines is 1. The second-order valence-electron chi connectivity index (χ2n) is 12.1. The van der Waals surface area contributed by atoms with Crippen LogP contribution in [0.4, 0.5) is 5.69 Å². The average Bonchev–Trinajstić information content (AvgIpc) is 2.91. The zero-order valence-corrected chi connectivity index (χ0v) is 22.9. The van der Waals surface area contributed by atoms with Crippen LogP contribution in [-0.4, -0.2) is 72.7 Å². The molecule has 1 saturated carbocycles. The molecule has 2 saturated heterocycles. The second kappa shape index (κ2) is 11.6. The molecule has 2 heterocycles. The fourth-order valence-corrected chi connectivity index (χ4v) is 6.53. The van der Waals surface area contributed by atoms with Crippen molar-refractivity contribution in [2.75, 3.05) is 50.7 Å². The zero-order chi connectivity index (χ0) is 25.8. The summed E-state index contributed by atoms with van der Waals surface area (Å²) in [6, 6.07) is 16.8. The maximum Gasteiger partial charge on any atom is 0.253 e. The van der Waals surface area contributed by atoms with Gasteiger partial charge >= 0.3 is 0 Å². The van der Waals surface area contributed by atoms with Crippen molar-refractivity contribution < 1.29 is 9.90 Å². The first-order chi connectivity index (χ1) is 17.9. The molecule has 0 radical (unpaired) electrons. The summed E-state index contributed by atoms with van der Waals surface area (Å²) in [4.78, 5) is 19.8. The van der Waals surface area contributed by atoms with E-state index in [0.717, 1.165) is 44.0 Å². The van der Waals surface area contributed by atoms with E-state index in [9.17, 15) is 9.90 Å². The number of benzene rings is 2. The number of aliphatic hydroxyl groups excluding tert-OH is 1. The molecule has 5 heteroatoms. The van der Waals surface area contributed by atoms with Crippen molar-refractivity contribution in [3.63, 3.8) is 0 Å². The number of hydrogen-bond donors (Lipinski definition) is 1. The molecule has 2 aromatic rings. The molecule has 5 nitrogen and oxygen atoms in total. The number of likely N-dealkylation sites (tertiary alicyclic amines) is 2. The summed E-state index contributed by atoms with van der Waals surface area (Å²) in [5.74, 6) is 0.790. The number of aliphatic hydroxyl groups is 1. The predicted molar refractivity (Wildman–Crippen MR) is 152 cm³/mol. The van der Waals surface area contributed by atoms with Gasteiger partial charge in [0.2, 0.25) is 0 Å². The Labute approximate surface area is 223 Å². The van der Waals surface area contributed by atoms with Gasteiger partial charge in [-0.3, -0.25) is 4.79 Å². The standard InChI is InChI=1S/C32H45N3O2/c1-3-34(22-25-15-20-33(21-16-25)24-32(2)17-5-18-32)29-13-11-27(12-14-29)26-7-9-28(10-8-26)31(37)35-19-4-6-30(36)23-35/h7-14,25,30,36H,3-6,15-24H2,1-2H3/t30-/m1/s1. The third-order valence-corrected chi connectivity index (χ3v) is 9.11. The normalized spacial score (nSPS) is 22.5. The van der Waals surface area contributed by atoms with E-state index in [4.69, 9.17) is 0 Å². The molecular weight excluding hydrogens is 458 g/mol. The number of hydrogen-bond acceptors (Lipinski definition) is 4. The van der Waals surface area contributed by atoms with Gasteiger partial charge in [-0.05, 0) is 105 Å². The van der Waals surface area contributed by atoms with Crippen molar-refractivity contribution in [2.24, 2.45) is 11.3 Å². The van der Waals surface area contributed by atoms with Crippen molar-refractivity contribution in [3.8, 4) is 11.1 Å². The van der Waals surface area contributed by atoms with Gasteiger partial charge in [0.15, 0.2) is 0 Å². The van der Waals surface area contributed by atoms with E-state index >= 15 is 0 Å². The van der Waals surface area contributed by atoms with E-state index in [-0.39, 0.29) is 5.91 Å². The second-order valence-corrected chi connectivity index (χ2v) is 12.1. The Hall–Kier alpha value is -2.37. The fraction of sp³-hybridized carbons (Fsp3) is 0.594.